The number of fused-ring (bicyclic) bond motifs is 1. The Morgan fingerprint density at radius 2 is 2.06 bits per heavy atom. The number of hydrogen-bond acceptors (Lipinski definition) is 3. The standard InChI is InChI=1S/C14H18O3/c1-8(2)14(4)7-10-5-6-11(15)9(3)12(10)17-13(14)16/h5-6,8,15H,7H2,1-4H3. The van der Waals surface area contributed by atoms with Crippen molar-refractivity contribution in [2.45, 2.75) is 34.1 Å². The third kappa shape index (κ3) is 1.70. The van der Waals surface area contributed by atoms with Crippen LogP contribution in [0.4, 0.5) is 0 Å². The van der Waals surface area contributed by atoms with Crippen LogP contribution >= 0.6 is 0 Å². The Kier molecular flexibility index (Phi) is 2.64. The summed E-state index contributed by atoms with van der Waals surface area (Å²) in [5, 5.41) is 9.61. The molecule has 1 aliphatic rings. The maximum absolute atomic E-state index is 12.1. The highest BCUT2D eigenvalue weighted by Gasteiger charge is 2.43. The van der Waals surface area contributed by atoms with Gasteiger partial charge in [0.05, 0.1) is 5.41 Å². The number of carbonyl (C=O) groups excluding carboxylic acids is 1. The molecule has 1 aromatic rings. The normalized spacial score (nSPS) is 23.5. The summed E-state index contributed by atoms with van der Waals surface area (Å²) in [6.45, 7) is 7.75. The van der Waals surface area contributed by atoms with Crippen LogP contribution in [0.3, 0.4) is 0 Å². The zero-order valence-corrected chi connectivity index (χ0v) is 10.7. The van der Waals surface area contributed by atoms with Gasteiger partial charge in [0.1, 0.15) is 11.5 Å². The molecular formula is C14H18O3. The third-order valence-corrected chi connectivity index (χ3v) is 3.95. The molecule has 0 aliphatic carbocycles. The van der Waals surface area contributed by atoms with E-state index in [9.17, 15) is 9.90 Å². The molecule has 3 heteroatoms. The van der Waals surface area contributed by atoms with Gasteiger partial charge in [-0.15, -0.1) is 0 Å². The first kappa shape index (κ1) is 12.0. The van der Waals surface area contributed by atoms with Crippen molar-refractivity contribution in [2.75, 3.05) is 0 Å². The van der Waals surface area contributed by atoms with Crippen LogP contribution in [0.25, 0.3) is 0 Å². The van der Waals surface area contributed by atoms with E-state index in [1.165, 1.54) is 0 Å². The van der Waals surface area contributed by atoms with Crippen LogP contribution in [0, 0.1) is 18.3 Å². The quantitative estimate of drug-likeness (QED) is 0.600. The summed E-state index contributed by atoms with van der Waals surface area (Å²) < 4.78 is 5.42. The summed E-state index contributed by atoms with van der Waals surface area (Å²) >= 11 is 0. The highest BCUT2D eigenvalue weighted by molar-refractivity contribution is 5.82. The van der Waals surface area contributed by atoms with Crippen LogP contribution in [-0.4, -0.2) is 11.1 Å². The lowest BCUT2D eigenvalue weighted by Gasteiger charge is -2.36. The van der Waals surface area contributed by atoms with Crippen molar-refractivity contribution in [3.05, 3.63) is 23.3 Å². The summed E-state index contributed by atoms with van der Waals surface area (Å²) in [6.07, 6.45) is 0.667. The first-order valence-corrected chi connectivity index (χ1v) is 5.90. The number of benzene rings is 1. The van der Waals surface area contributed by atoms with Gasteiger partial charge in [-0.1, -0.05) is 19.9 Å². The number of phenols is 1. The number of ether oxygens (including phenoxy) is 1. The molecule has 0 radical (unpaired) electrons. The van der Waals surface area contributed by atoms with Crippen molar-refractivity contribution < 1.29 is 14.6 Å². The van der Waals surface area contributed by atoms with Gasteiger partial charge >= 0.3 is 5.97 Å². The van der Waals surface area contributed by atoms with E-state index >= 15 is 0 Å². The van der Waals surface area contributed by atoms with E-state index in [0.29, 0.717) is 17.7 Å². The molecule has 1 atom stereocenters. The van der Waals surface area contributed by atoms with Crippen LogP contribution < -0.4 is 4.74 Å². The zero-order valence-electron chi connectivity index (χ0n) is 10.7. The molecule has 1 aromatic carbocycles. The molecule has 1 N–H and O–H groups in total. The molecule has 0 saturated heterocycles. The number of esters is 1. The van der Waals surface area contributed by atoms with Gasteiger partial charge in [0, 0.05) is 5.56 Å². The highest BCUT2D eigenvalue weighted by atomic mass is 16.5. The Hall–Kier alpha value is -1.51. The van der Waals surface area contributed by atoms with E-state index in [0.717, 1.165) is 5.56 Å². The van der Waals surface area contributed by atoms with Crippen molar-refractivity contribution in [2.24, 2.45) is 11.3 Å². The Bertz CT molecular complexity index is 477. The number of aromatic hydroxyl groups is 1. The van der Waals surface area contributed by atoms with E-state index in [2.05, 4.69) is 0 Å². The molecular weight excluding hydrogens is 216 g/mol. The molecule has 92 valence electrons. The molecule has 0 aromatic heterocycles. The second kappa shape index (κ2) is 3.76. The molecule has 17 heavy (non-hydrogen) atoms. The minimum absolute atomic E-state index is 0.171. The highest BCUT2D eigenvalue weighted by Crippen LogP contribution is 2.43. The summed E-state index contributed by atoms with van der Waals surface area (Å²) in [7, 11) is 0. The first-order valence-electron chi connectivity index (χ1n) is 5.90. The Labute approximate surface area is 101 Å². The summed E-state index contributed by atoms with van der Waals surface area (Å²) in [4.78, 5) is 12.1. The van der Waals surface area contributed by atoms with E-state index in [4.69, 9.17) is 4.74 Å². The molecule has 1 unspecified atom stereocenters. The maximum atomic E-state index is 12.1. The van der Waals surface area contributed by atoms with Gasteiger partial charge in [-0.25, -0.2) is 0 Å². The Balaban J connectivity index is 2.51. The monoisotopic (exact) mass is 234 g/mol. The minimum Gasteiger partial charge on any atom is -0.508 e. The predicted octanol–water partition coefficient (Wildman–Crippen LogP) is 2.82. The van der Waals surface area contributed by atoms with Crippen molar-refractivity contribution in [1.82, 2.24) is 0 Å². The van der Waals surface area contributed by atoms with Gasteiger partial charge < -0.3 is 9.84 Å². The molecule has 3 nitrogen and oxygen atoms in total. The van der Waals surface area contributed by atoms with Crippen molar-refractivity contribution >= 4 is 5.97 Å². The molecule has 1 aliphatic heterocycles. The Morgan fingerprint density at radius 3 is 2.65 bits per heavy atom. The van der Waals surface area contributed by atoms with Crippen LogP contribution in [0.2, 0.25) is 0 Å². The number of hydrogen-bond donors (Lipinski definition) is 1. The van der Waals surface area contributed by atoms with Gasteiger partial charge in [0.15, 0.2) is 0 Å². The lowest BCUT2D eigenvalue weighted by Crippen LogP contribution is -2.42. The van der Waals surface area contributed by atoms with Crippen LogP contribution in [0.5, 0.6) is 11.5 Å². The lowest BCUT2D eigenvalue weighted by molar-refractivity contribution is -0.149. The predicted molar refractivity (Wildman–Crippen MR) is 65.1 cm³/mol. The fourth-order valence-electron chi connectivity index (χ4n) is 2.14. The van der Waals surface area contributed by atoms with Crippen LogP contribution in [0.15, 0.2) is 12.1 Å². The molecule has 0 amide bonds. The molecule has 0 saturated carbocycles. The summed E-state index contributed by atoms with van der Waals surface area (Å²) in [5.41, 5.74) is 1.16. The molecule has 2 rings (SSSR count). The first-order chi connectivity index (χ1) is 7.86. The molecule has 0 fully saturated rings. The number of phenolic OH excluding ortho intramolecular Hbond substituents is 1. The van der Waals surface area contributed by atoms with Gasteiger partial charge in [-0.05, 0) is 37.8 Å². The fraction of sp³-hybridized carbons (Fsp3) is 0.500. The Morgan fingerprint density at radius 1 is 1.41 bits per heavy atom. The number of carbonyl (C=O) groups is 1. The van der Waals surface area contributed by atoms with E-state index < -0.39 is 5.41 Å². The minimum atomic E-state index is -0.476. The van der Waals surface area contributed by atoms with Gasteiger partial charge in [-0.2, -0.15) is 0 Å². The lowest BCUT2D eigenvalue weighted by atomic mass is 9.73. The topological polar surface area (TPSA) is 46.5 Å². The average molecular weight is 234 g/mol. The van der Waals surface area contributed by atoms with Gasteiger partial charge in [0.25, 0.3) is 0 Å². The summed E-state index contributed by atoms with van der Waals surface area (Å²) in [6, 6.07) is 3.50. The van der Waals surface area contributed by atoms with Crippen LogP contribution in [0.1, 0.15) is 31.9 Å². The second-order valence-electron chi connectivity index (χ2n) is 5.34. The smallest absolute Gasteiger partial charge is 0.317 e. The molecule has 0 bridgehead atoms. The third-order valence-electron chi connectivity index (χ3n) is 3.95. The molecule has 0 spiro atoms. The fourth-order valence-corrected chi connectivity index (χ4v) is 2.14. The largest absolute Gasteiger partial charge is 0.508 e. The van der Waals surface area contributed by atoms with Crippen LogP contribution in [-0.2, 0) is 11.2 Å². The van der Waals surface area contributed by atoms with Gasteiger partial charge in [-0.3, -0.25) is 4.79 Å². The number of rotatable bonds is 1. The summed E-state index contributed by atoms with van der Waals surface area (Å²) in [5.74, 6) is 0.726. The maximum Gasteiger partial charge on any atom is 0.317 e. The van der Waals surface area contributed by atoms with E-state index in [1.54, 1.807) is 13.0 Å². The van der Waals surface area contributed by atoms with Crippen molar-refractivity contribution in [1.29, 1.82) is 0 Å². The van der Waals surface area contributed by atoms with E-state index in [-0.39, 0.29) is 17.6 Å². The molecule has 1 heterocycles. The average Bonchev–Trinajstić information content (AvgIpc) is 2.27. The second-order valence-corrected chi connectivity index (χ2v) is 5.34. The van der Waals surface area contributed by atoms with Gasteiger partial charge in [0.2, 0.25) is 0 Å². The van der Waals surface area contributed by atoms with Crippen molar-refractivity contribution in [3.63, 3.8) is 0 Å². The van der Waals surface area contributed by atoms with Crippen molar-refractivity contribution in [3.8, 4) is 11.5 Å². The zero-order chi connectivity index (χ0) is 12.8. The SMILES string of the molecule is Cc1c(O)ccc2c1OC(=O)C(C)(C(C)C)C2. The van der Waals surface area contributed by atoms with E-state index in [1.807, 2.05) is 26.8 Å².